The van der Waals surface area contributed by atoms with Crippen molar-refractivity contribution in [1.82, 2.24) is 0 Å². The fraction of sp³-hybridized carbons (Fsp3) is 0.250. The Morgan fingerprint density at radius 3 is 2.31 bits per heavy atom. The minimum Gasteiger partial charge on any atom is -0.325 e. The summed E-state index contributed by atoms with van der Waals surface area (Å²) in [5.74, 6) is -0.796. The topological polar surface area (TPSA) is 75.3 Å². The lowest BCUT2D eigenvalue weighted by Crippen LogP contribution is -2.35. The average molecular weight is 371 g/mol. The molecule has 0 atom stereocenters. The van der Waals surface area contributed by atoms with E-state index in [2.05, 4.69) is 10.6 Å². The predicted molar refractivity (Wildman–Crippen MR) is 102 cm³/mol. The standard InChI is InChI=1S/C20H19ClN2O3/c1-12-16(21)7-4-8-17(12)23-19(26)20(9-10-20)18(25)22-15-6-3-5-14(11-15)13(2)24/h3-8,11H,9-10H2,1-2H3,(H,22,25)(H,23,26). The first-order chi connectivity index (χ1) is 12.3. The minimum atomic E-state index is -1.08. The van der Waals surface area contributed by atoms with Crippen molar-refractivity contribution in [1.29, 1.82) is 0 Å². The Bertz CT molecular complexity index is 904. The molecule has 1 fully saturated rings. The van der Waals surface area contributed by atoms with Crippen LogP contribution in [0.3, 0.4) is 0 Å². The molecule has 0 spiro atoms. The Kier molecular flexibility index (Phi) is 4.83. The lowest BCUT2D eigenvalue weighted by Gasteiger charge is -2.17. The van der Waals surface area contributed by atoms with E-state index in [0.717, 1.165) is 5.56 Å². The van der Waals surface area contributed by atoms with Crippen LogP contribution in [-0.2, 0) is 9.59 Å². The quantitative estimate of drug-likeness (QED) is 0.611. The molecule has 134 valence electrons. The molecule has 0 bridgehead atoms. The number of hydrogen-bond donors (Lipinski definition) is 2. The van der Waals surface area contributed by atoms with Gasteiger partial charge in [0.05, 0.1) is 0 Å². The highest BCUT2D eigenvalue weighted by atomic mass is 35.5. The van der Waals surface area contributed by atoms with Gasteiger partial charge in [0.2, 0.25) is 11.8 Å². The van der Waals surface area contributed by atoms with Gasteiger partial charge >= 0.3 is 0 Å². The van der Waals surface area contributed by atoms with E-state index in [-0.39, 0.29) is 17.6 Å². The van der Waals surface area contributed by atoms with E-state index in [1.165, 1.54) is 6.92 Å². The first kappa shape index (κ1) is 18.1. The number of anilines is 2. The molecule has 0 saturated heterocycles. The molecule has 0 aromatic heterocycles. The Labute approximate surface area is 156 Å². The van der Waals surface area contributed by atoms with Gasteiger partial charge < -0.3 is 10.6 Å². The van der Waals surface area contributed by atoms with Gasteiger partial charge in [0.1, 0.15) is 5.41 Å². The second-order valence-corrected chi connectivity index (χ2v) is 6.95. The fourth-order valence-electron chi connectivity index (χ4n) is 2.73. The van der Waals surface area contributed by atoms with E-state index in [1.807, 2.05) is 6.92 Å². The Morgan fingerprint density at radius 2 is 1.65 bits per heavy atom. The van der Waals surface area contributed by atoms with Crippen LogP contribution >= 0.6 is 11.6 Å². The summed E-state index contributed by atoms with van der Waals surface area (Å²) in [4.78, 5) is 36.9. The molecule has 0 unspecified atom stereocenters. The van der Waals surface area contributed by atoms with E-state index >= 15 is 0 Å². The van der Waals surface area contributed by atoms with Crippen LogP contribution in [0.2, 0.25) is 5.02 Å². The molecule has 0 aliphatic heterocycles. The number of hydrogen-bond acceptors (Lipinski definition) is 3. The van der Waals surface area contributed by atoms with Gasteiger partial charge in [0, 0.05) is 22.0 Å². The van der Waals surface area contributed by atoms with Crippen LogP contribution in [0, 0.1) is 12.3 Å². The van der Waals surface area contributed by atoms with Crippen molar-refractivity contribution in [3.63, 3.8) is 0 Å². The number of rotatable bonds is 5. The van der Waals surface area contributed by atoms with Crippen molar-refractivity contribution in [2.45, 2.75) is 26.7 Å². The van der Waals surface area contributed by atoms with Gasteiger partial charge in [0.25, 0.3) is 0 Å². The van der Waals surface area contributed by atoms with Gasteiger partial charge in [0.15, 0.2) is 5.78 Å². The Morgan fingerprint density at radius 1 is 1.00 bits per heavy atom. The molecule has 6 heteroatoms. The lowest BCUT2D eigenvalue weighted by molar-refractivity contribution is -0.131. The zero-order valence-corrected chi connectivity index (χ0v) is 15.3. The maximum atomic E-state index is 12.7. The normalized spacial score (nSPS) is 14.4. The van der Waals surface area contributed by atoms with Crippen LogP contribution in [-0.4, -0.2) is 17.6 Å². The van der Waals surface area contributed by atoms with Gasteiger partial charge in [-0.1, -0.05) is 29.8 Å². The highest BCUT2D eigenvalue weighted by Gasteiger charge is 2.56. The number of carbonyl (C=O) groups excluding carboxylic acids is 3. The lowest BCUT2D eigenvalue weighted by atomic mass is 10.0. The third-order valence-electron chi connectivity index (χ3n) is 4.66. The number of nitrogens with one attached hydrogen (secondary N) is 2. The predicted octanol–water partition coefficient (Wildman–Crippen LogP) is 4.21. The van der Waals surface area contributed by atoms with Gasteiger partial charge in [-0.3, -0.25) is 14.4 Å². The third kappa shape index (κ3) is 3.48. The summed E-state index contributed by atoms with van der Waals surface area (Å²) in [6.45, 7) is 3.27. The van der Waals surface area contributed by atoms with Crippen LogP contribution in [0.1, 0.15) is 35.7 Å². The van der Waals surface area contributed by atoms with Crippen LogP contribution in [0.5, 0.6) is 0 Å². The van der Waals surface area contributed by atoms with Crippen molar-refractivity contribution in [3.8, 4) is 0 Å². The maximum Gasteiger partial charge on any atom is 0.240 e. The number of amides is 2. The molecule has 3 rings (SSSR count). The second-order valence-electron chi connectivity index (χ2n) is 6.54. The maximum absolute atomic E-state index is 12.7. The van der Waals surface area contributed by atoms with Crippen LogP contribution < -0.4 is 10.6 Å². The van der Waals surface area contributed by atoms with Crippen molar-refractivity contribution < 1.29 is 14.4 Å². The van der Waals surface area contributed by atoms with E-state index < -0.39 is 5.41 Å². The van der Waals surface area contributed by atoms with Crippen molar-refractivity contribution in [2.75, 3.05) is 10.6 Å². The van der Waals surface area contributed by atoms with Crippen LogP contribution in [0.4, 0.5) is 11.4 Å². The summed E-state index contributed by atoms with van der Waals surface area (Å²) in [5, 5.41) is 6.12. The average Bonchev–Trinajstić information content (AvgIpc) is 3.41. The monoisotopic (exact) mass is 370 g/mol. The van der Waals surface area contributed by atoms with Gasteiger partial charge in [-0.15, -0.1) is 0 Å². The molecule has 1 aliphatic carbocycles. The molecule has 5 nitrogen and oxygen atoms in total. The van der Waals surface area contributed by atoms with E-state index in [9.17, 15) is 14.4 Å². The van der Waals surface area contributed by atoms with E-state index in [0.29, 0.717) is 34.8 Å². The largest absolute Gasteiger partial charge is 0.325 e. The zero-order chi connectivity index (χ0) is 18.9. The van der Waals surface area contributed by atoms with Crippen molar-refractivity contribution in [3.05, 3.63) is 58.6 Å². The van der Waals surface area contributed by atoms with E-state index in [4.69, 9.17) is 11.6 Å². The van der Waals surface area contributed by atoms with Gasteiger partial charge in [-0.2, -0.15) is 0 Å². The number of carbonyl (C=O) groups is 3. The zero-order valence-electron chi connectivity index (χ0n) is 14.6. The SMILES string of the molecule is CC(=O)c1cccc(NC(=O)C2(C(=O)Nc3cccc(Cl)c3C)CC2)c1. The Balaban J connectivity index is 1.74. The molecule has 2 aromatic carbocycles. The minimum absolute atomic E-state index is 0.0867. The van der Waals surface area contributed by atoms with Crippen LogP contribution in [0.15, 0.2) is 42.5 Å². The fourth-order valence-corrected chi connectivity index (χ4v) is 2.91. The Hall–Kier alpha value is -2.66. The number of halogens is 1. The molecule has 1 aliphatic rings. The molecular weight excluding hydrogens is 352 g/mol. The summed E-state index contributed by atoms with van der Waals surface area (Å²) in [7, 11) is 0. The second kappa shape index (κ2) is 6.92. The third-order valence-corrected chi connectivity index (χ3v) is 5.07. The molecular formula is C20H19ClN2O3. The summed E-state index contributed by atoms with van der Waals surface area (Å²) < 4.78 is 0. The first-order valence-electron chi connectivity index (χ1n) is 8.32. The van der Waals surface area contributed by atoms with Gasteiger partial charge in [-0.05, 0) is 56.5 Å². The molecule has 0 radical (unpaired) electrons. The summed E-state index contributed by atoms with van der Waals surface area (Å²) in [5.41, 5.74) is 1.28. The van der Waals surface area contributed by atoms with Crippen molar-refractivity contribution >= 4 is 40.6 Å². The number of Topliss-reactive ketones (excluding diaryl/α,β-unsaturated/α-hetero) is 1. The van der Waals surface area contributed by atoms with Crippen molar-refractivity contribution in [2.24, 2.45) is 5.41 Å². The summed E-state index contributed by atoms with van der Waals surface area (Å²) >= 11 is 6.08. The molecule has 1 saturated carbocycles. The highest BCUT2D eigenvalue weighted by Crippen LogP contribution is 2.47. The number of ketones is 1. The summed E-state index contributed by atoms with van der Waals surface area (Å²) in [6, 6.07) is 11.9. The molecule has 2 aromatic rings. The van der Waals surface area contributed by atoms with Crippen LogP contribution in [0.25, 0.3) is 0 Å². The summed E-state index contributed by atoms with van der Waals surface area (Å²) in [6.07, 6.45) is 0.966. The molecule has 2 amide bonds. The van der Waals surface area contributed by atoms with E-state index in [1.54, 1.807) is 42.5 Å². The highest BCUT2D eigenvalue weighted by molar-refractivity contribution is 6.31. The number of benzene rings is 2. The molecule has 2 N–H and O–H groups in total. The van der Waals surface area contributed by atoms with Gasteiger partial charge in [-0.25, -0.2) is 0 Å². The molecule has 0 heterocycles. The smallest absolute Gasteiger partial charge is 0.240 e. The first-order valence-corrected chi connectivity index (χ1v) is 8.70. The molecule has 26 heavy (non-hydrogen) atoms.